The molecule has 0 fully saturated rings. The summed E-state index contributed by atoms with van der Waals surface area (Å²) in [7, 11) is -5.17. The molecule has 15 heteroatoms. The van der Waals surface area contributed by atoms with Crippen LogP contribution in [0.25, 0.3) is 0 Å². The maximum atomic E-state index is 9.62. The molecular formula is C24H44N2O12S. The van der Waals surface area contributed by atoms with E-state index in [1.54, 1.807) is 0 Å². The van der Waals surface area contributed by atoms with Gasteiger partial charge in [0.2, 0.25) is 0 Å². The maximum Gasteiger partial charge on any atom is 0.126 e. The molecule has 8 N–H and O–H groups in total. The number of hydrogen-bond acceptors (Lipinski definition) is 12. The molecule has 0 aliphatic carbocycles. The van der Waals surface area contributed by atoms with Crippen LogP contribution in [-0.4, -0.2) is 157 Å². The Bertz CT molecular complexity index is 843. The number of rotatable bonds is 12. The van der Waals surface area contributed by atoms with Crippen LogP contribution in [0, 0.1) is 0 Å². The van der Waals surface area contributed by atoms with Crippen LogP contribution in [0.15, 0.2) is 47.9 Å². The van der Waals surface area contributed by atoms with Gasteiger partial charge in [-0.05, 0) is 24.3 Å². The van der Waals surface area contributed by atoms with Gasteiger partial charge in [-0.3, -0.25) is 17.4 Å². The van der Waals surface area contributed by atoms with Crippen molar-refractivity contribution in [2.75, 3.05) is 65.7 Å². The molecule has 2 aliphatic rings. The first-order valence-corrected chi connectivity index (χ1v) is 13.6. The van der Waals surface area contributed by atoms with E-state index in [1.165, 1.54) is 0 Å². The summed E-state index contributed by atoms with van der Waals surface area (Å²) in [6.45, 7) is 5.29. The second kappa shape index (κ2) is 18.0. The molecule has 0 spiro atoms. The first-order valence-electron chi connectivity index (χ1n) is 12.3. The van der Waals surface area contributed by atoms with Crippen molar-refractivity contribution in [3.63, 3.8) is 0 Å². The lowest BCUT2D eigenvalue weighted by Gasteiger charge is -2.41. The first-order chi connectivity index (χ1) is 18.1. The Hall–Kier alpha value is -1.57. The minimum Gasteiger partial charge on any atom is -0.759 e. The van der Waals surface area contributed by atoms with Crippen LogP contribution in [0.1, 0.15) is 13.8 Å². The van der Waals surface area contributed by atoms with E-state index in [2.05, 4.69) is 0 Å². The third kappa shape index (κ3) is 14.6. The molecule has 4 unspecified atom stereocenters. The molecule has 4 atom stereocenters. The van der Waals surface area contributed by atoms with Crippen molar-refractivity contribution in [2.24, 2.45) is 0 Å². The van der Waals surface area contributed by atoms with Gasteiger partial charge in [0, 0.05) is 24.2 Å². The molecule has 0 aromatic heterocycles. The molecule has 0 radical (unpaired) electrons. The van der Waals surface area contributed by atoms with E-state index in [9.17, 15) is 20.4 Å². The normalized spacial score (nSPS) is 25.6. The Morgan fingerprint density at radius 3 is 1.08 bits per heavy atom. The van der Waals surface area contributed by atoms with Gasteiger partial charge in [0.25, 0.3) is 0 Å². The fourth-order valence-corrected chi connectivity index (χ4v) is 4.41. The Balaban J connectivity index is 0.000000632. The molecule has 0 aromatic carbocycles. The van der Waals surface area contributed by atoms with Gasteiger partial charge in [-0.25, -0.2) is 0 Å². The van der Waals surface area contributed by atoms with Crippen molar-refractivity contribution in [2.45, 2.75) is 38.3 Å². The van der Waals surface area contributed by atoms with E-state index in [0.29, 0.717) is 48.2 Å². The molecule has 0 saturated carbocycles. The van der Waals surface area contributed by atoms with E-state index in [-0.39, 0.29) is 26.4 Å². The minimum absolute atomic E-state index is 0.299. The number of aliphatic hydroxyl groups excluding tert-OH is 8. The van der Waals surface area contributed by atoms with Gasteiger partial charge in [0.15, 0.2) is 0 Å². The zero-order valence-corrected chi connectivity index (χ0v) is 23.2. The van der Waals surface area contributed by atoms with E-state index < -0.39 is 34.8 Å². The average molecular weight is 585 g/mol. The van der Waals surface area contributed by atoms with Gasteiger partial charge in [0.1, 0.15) is 75.1 Å². The van der Waals surface area contributed by atoms with E-state index in [0.717, 1.165) is 11.4 Å². The predicted octanol–water partition coefficient (Wildman–Crippen LogP) is -3.37. The molecule has 2 rings (SSSR count). The third-order valence-electron chi connectivity index (χ3n) is 6.44. The smallest absolute Gasteiger partial charge is 0.126 e. The molecule has 0 bridgehead atoms. The summed E-state index contributed by atoms with van der Waals surface area (Å²) in [5, 5.41) is 74.3. The lowest BCUT2D eigenvalue weighted by molar-refractivity contribution is -0.893. The van der Waals surface area contributed by atoms with Crippen LogP contribution in [-0.2, 0) is 10.4 Å². The molecular weight excluding hydrogens is 540 g/mol. The van der Waals surface area contributed by atoms with Gasteiger partial charge >= 0.3 is 0 Å². The Kier molecular flexibility index (Phi) is 17.3. The Labute approximate surface area is 229 Å². The van der Waals surface area contributed by atoms with Crippen molar-refractivity contribution >= 4 is 10.4 Å². The highest BCUT2D eigenvalue weighted by Gasteiger charge is 2.36. The van der Waals surface area contributed by atoms with Crippen molar-refractivity contribution in [1.82, 2.24) is 0 Å². The molecule has 2 heterocycles. The number of quaternary nitrogens is 2. The van der Waals surface area contributed by atoms with E-state index in [4.69, 9.17) is 37.9 Å². The van der Waals surface area contributed by atoms with Crippen molar-refractivity contribution in [1.29, 1.82) is 0 Å². The monoisotopic (exact) mass is 584 g/mol. The van der Waals surface area contributed by atoms with Crippen LogP contribution in [0.2, 0.25) is 0 Å². The average Bonchev–Trinajstić information content (AvgIpc) is 2.86. The molecule has 228 valence electrons. The molecule has 0 amide bonds. The van der Waals surface area contributed by atoms with E-state index >= 15 is 0 Å². The van der Waals surface area contributed by atoms with Crippen LogP contribution in [0.4, 0.5) is 0 Å². The van der Waals surface area contributed by atoms with Gasteiger partial charge < -0.3 is 50.0 Å². The first kappa shape index (κ1) is 37.4. The van der Waals surface area contributed by atoms with Crippen LogP contribution in [0.3, 0.4) is 0 Å². The summed E-state index contributed by atoms with van der Waals surface area (Å²) < 4.78 is 34.8. The van der Waals surface area contributed by atoms with Gasteiger partial charge in [0.05, 0.1) is 26.4 Å². The molecule has 0 aromatic rings. The SMILES string of the molecule is CC1=CC=CC[N+]1(CC(O)CO)CC(O)CO.CC1=CC=CC[N+]1(CC(O)CO)CC(O)CO.O=S(=O)([O-])[O-]. The quantitative estimate of drug-likeness (QED) is 0.0637. The minimum atomic E-state index is -5.17. The summed E-state index contributed by atoms with van der Waals surface area (Å²) in [4.78, 5) is 0. The Morgan fingerprint density at radius 1 is 0.667 bits per heavy atom. The molecule has 0 saturated heterocycles. The lowest BCUT2D eigenvalue weighted by atomic mass is 10.1. The summed E-state index contributed by atoms with van der Waals surface area (Å²) >= 11 is 0. The molecule has 2 aliphatic heterocycles. The highest BCUT2D eigenvalue weighted by atomic mass is 32.3. The van der Waals surface area contributed by atoms with Crippen molar-refractivity contribution in [3.8, 4) is 0 Å². The maximum absolute atomic E-state index is 9.62. The third-order valence-corrected chi connectivity index (χ3v) is 6.44. The van der Waals surface area contributed by atoms with Gasteiger partial charge in [-0.2, -0.15) is 0 Å². The van der Waals surface area contributed by atoms with Crippen LogP contribution < -0.4 is 0 Å². The highest BCUT2D eigenvalue weighted by molar-refractivity contribution is 7.79. The molecule has 14 nitrogen and oxygen atoms in total. The zero-order valence-electron chi connectivity index (χ0n) is 22.4. The van der Waals surface area contributed by atoms with Crippen LogP contribution in [0.5, 0.6) is 0 Å². The lowest BCUT2D eigenvalue weighted by Crippen LogP contribution is -2.56. The number of hydrogen-bond donors (Lipinski definition) is 8. The Morgan fingerprint density at radius 2 is 0.897 bits per heavy atom. The number of nitrogens with zero attached hydrogens (tertiary/aromatic N) is 2. The number of allylic oxidation sites excluding steroid dienone is 6. The van der Waals surface area contributed by atoms with Gasteiger partial charge in [-0.15, -0.1) is 0 Å². The predicted molar refractivity (Wildman–Crippen MR) is 138 cm³/mol. The zero-order chi connectivity index (χ0) is 30.3. The molecule has 39 heavy (non-hydrogen) atoms. The van der Waals surface area contributed by atoms with Gasteiger partial charge in [-0.1, -0.05) is 12.2 Å². The van der Waals surface area contributed by atoms with E-state index in [1.807, 2.05) is 50.3 Å². The summed E-state index contributed by atoms with van der Waals surface area (Å²) in [5.41, 5.74) is 2.01. The summed E-state index contributed by atoms with van der Waals surface area (Å²) in [6.07, 6.45) is 8.35. The van der Waals surface area contributed by atoms with Crippen molar-refractivity contribution < 1.29 is 67.3 Å². The standard InChI is InChI=1S/2C12H22NO4.H2O4S/c2*1-10-4-2-3-5-13(10,6-11(16)8-14)7-12(17)9-15;1-5(2,3)4/h2*2-4,11-12,14-17H,5-9H2,1H3;(H2,1,2,3,4)/q2*+1;/p-2. The topological polar surface area (TPSA) is 242 Å². The number of aliphatic hydroxyl groups is 8. The fourth-order valence-electron chi connectivity index (χ4n) is 4.41. The summed E-state index contributed by atoms with van der Waals surface area (Å²) in [6, 6.07) is 0. The summed E-state index contributed by atoms with van der Waals surface area (Å²) in [5.74, 6) is 0. The highest BCUT2D eigenvalue weighted by Crippen LogP contribution is 2.24. The largest absolute Gasteiger partial charge is 0.759 e. The second-order valence-electron chi connectivity index (χ2n) is 9.61. The second-order valence-corrected chi connectivity index (χ2v) is 10.4. The fraction of sp³-hybridized carbons (Fsp3) is 0.667. The van der Waals surface area contributed by atoms with Crippen molar-refractivity contribution in [3.05, 3.63) is 47.9 Å². The van der Waals surface area contributed by atoms with Crippen LogP contribution >= 0.6 is 0 Å².